The topological polar surface area (TPSA) is 68.2 Å². The number of halogens is 2. The van der Waals surface area contributed by atoms with E-state index in [0.29, 0.717) is 22.2 Å². The van der Waals surface area contributed by atoms with Gasteiger partial charge in [0.05, 0.1) is 27.7 Å². The molecule has 0 fully saturated rings. The van der Waals surface area contributed by atoms with E-state index in [1.54, 1.807) is 24.3 Å². The Morgan fingerprint density at radius 3 is 2.67 bits per heavy atom. The van der Waals surface area contributed by atoms with E-state index in [-0.39, 0.29) is 6.61 Å². The zero-order valence-electron chi connectivity index (χ0n) is 14.2. The van der Waals surface area contributed by atoms with Gasteiger partial charge in [-0.15, -0.1) is 0 Å². The van der Waals surface area contributed by atoms with Gasteiger partial charge in [-0.05, 0) is 47.5 Å². The first-order valence-corrected chi connectivity index (χ1v) is 9.06. The molecule has 6 heteroatoms. The molecule has 0 saturated heterocycles. The van der Waals surface area contributed by atoms with Crippen LogP contribution in [0.4, 0.5) is 0 Å². The number of hydrogen-bond donors (Lipinski definition) is 2. The van der Waals surface area contributed by atoms with Crippen LogP contribution in [0.1, 0.15) is 21.5 Å². The monoisotopic (exact) mass is 397 g/mol. The SMILES string of the molecule is NC(=O)c1cccc2c1c1[c]cc(CO)cc1n2Cc1cccc(Cl)c1Cl. The number of fused-ring (bicyclic) bond motifs is 3. The van der Waals surface area contributed by atoms with Gasteiger partial charge in [-0.3, -0.25) is 4.79 Å². The fourth-order valence-electron chi connectivity index (χ4n) is 3.41. The molecule has 4 rings (SSSR count). The Kier molecular flexibility index (Phi) is 4.56. The highest BCUT2D eigenvalue weighted by Crippen LogP contribution is 2.34. The molecule has 1 radical (unpaired) electrons. The van der Waals surface area contributed by atoms with E-state index >= 15 is 0 Å². The van der Waals surface area contributed by atoms with Gasteiger partial charge in [0.25, 0.3) is 0 Å². The van der Waals surface area contributed by atoms with Crippen molar-refractivity contribution in [3.05, 3.63) is 81.3 Å². The third kappa shape index (κ3) is 2.96. The number of carbonyl (C=O) groups excluding carboxylic acids is 1. The van der Waals surface area contributed by atoms with Crippen molar-refractivity contribution < 1.29 is 9.90 Å². The van der Waals surface area contributed by atoms with Crippen molar-refractivity contribution in [2.24, 2.45) is 5.73 Å². The predicted octanol–water partition coefficient (Wildman–Crippen LogP) is 4.54. The van der Waals surface area contributed by atoms with Gasteiger partial charge in [0, 0.05) is 22.9 Å². The molecule has 0 saturated carbocycles. The van der Waals surface area contributed by atoms with E-state index in [2.05, 4.69) is 6.07 Å². The highest BCUT2D eigenvalue weighted by molar-refractivity contribution is 6.42. The van der Waals surface area contributed by atoms with Crippen LogP contribution in [0.25, 0.3) is 21.8 Å². The second kappa shape index (κ2) is 6.89. The normalized spacial score (nSPS) is 11.4. The lowest BCUT2D eigenvalue weighted by atomic mass is 10.0. The maximum absolute atomic E-state index is 12.0. The van der Waals surface area contributed by atoms with Crippen LogP contribution in [0.15, 0.2) is 48.5 Å². The number of nitrogens with zero attached hydrogens (tertiary/aromatic N) is 1. The Bertz CT molecular complexity index is 1200. The molecule has 135 valence electrons. The lowest BCUT2D eigenvalue weighted by Gasteiger charge is -2.11. The second-order valence-corrected chi connectivity index (χ2v) is 7.07. The zero-order chi connectivity index (χ0) is 19.1. The summed E-state index contributed by atoms with van der Waals surface area (Å²) in [5, 5.41) is 12.0. The molecule has 4 nitrogen and oxygen atoms in total. The number of benzene rings is 3. The number of nitrogens with two attached hydrogens (primary N) is 1. The third-order valence-corrected chi connectivity index (χ3v) is 5.52. The van der Waals surface area contributed by atoms with Crippen molar-refractivity contribution in [1.29, 1.82) is 0 Å². The van der Waals surface area contributed by atoms with E-state index in [1.165, 1.54) is 0 Å². The molecule has 0 aliphatic rings. The molecule has 0 aliphatic carbocycles. The molecular weight excluding hydrogens is 383 g/mol. The van der Waals surface area contributed by atoms with Gasteiger partial charge in [-0.25, -0.2) is 0 Å². The number of carbonyl (C=O) groups is 1. The molecule has 1 heterocycles. The van der Waals surface area contributed by atoms with E-state index in [4.69, 9.17) is 28.9 Å². The number of primary amides is 1. The molecule has 0 atom stereocenters. The van der Waals surface area contributed by atoms with E-state index in [0.717, 1.165) is 32.9 Å². The molecule has 0 bridgehead atoms. The molecule has 0 unspecified atom stereocenters. The van der Waals surface area contributed by atoms with E-state index < -0.39 is 5.91 Å². The standard InChI is InChI=1S/C21H15Cl2N2O2/c22-16-5-1-3-13(20(16)23)10-25-17-6-2-4-15(21(24)27)19(17)14-8-7-12(11-26)9-18(14)25/h1-7,9,26H,10-11H2,(H2,24,27). The quantitative estimate of drug-likeness (QED) is 0.530. The fraction of sp³-hybridized carbons (Fsp3) is 0.0952. The van der Waals surface area contributed by atoms with Crippen molar-refractivity contribution in [2.45, 2.75) is 13.2 Å². The molecule has 27 heavy (non-hydrogen) atoms. The number of aromatic nitrogens is 1. The van der Waals surface area contributed by atoms with Crippen LogP contribution in [0.5, 0.6) is 0 Å². The number of rotatable bonds is 4. The summed E-state index contributed by atoms with van der Waals surface area (Å²) < 4.78 is 2.03. The number of amides is 1. The van der Waals surface area contributed by atoms with Crippen LogP contribution in [-0.4, -0.2) is 15.6 Å². The molecule has 3 aromatic carbocycles. The predicted molar refractivity (Wildman–Crippen MR) is 108 cm³/mol. The molecule has 0 aliphatic heterocycles. The van der Waals surface area contributed by atoms with Gasteiger partial charge >= 0.3 is 0 Å². The molecule has 1 aromatic heterocycles. The largest absolute Gasteiger partial charge is 0.392 e. The number of hydrogen-bond acceptors (Lipinski definition) is 2. The second-order valence-electron chi connectivity index (χ2n) is 6.29. The summed E-state index contributed by atoms with van der Waals surface area (Å²) in [6.07, 6.45) is 0. The first-order chi connectivity index (χ1) is 13.0. The summed E-state index contributed by atoms with van der Waals surface area (Å²) >= 11 is 12.5. The van der Waals surface area contributed by atoms with E-state index in [1.807, 2.05) is 28.8 Å². The lowest BCUT2D eigenvalue weighted by molar-refractivity contribution is 0.100. The first kappa shape index (κ1) is 17.9. The minimum absolute atomic E-state index is 0.103. The Balaban J connectivity index is 2.06. The molecule has 3 N–H and O–H groups in total. The highest BCUT2D eigenvalue weighted by atomic mass is 35.5. The van der Waals surface area contributed by atoms with Crippen LogP contribution < -0.4 is 5.73 Å². The van der Waals surface area contributed by atoms with Crippen molar-refractivity contribution in [3.8, 4) is 0 Å². The maximum atomic E-state index is 12.0. The van der Waals surface area contributed by atoms with Gasteiger partial charge in [-0.1, -0.05) is 41.4 Å². The van der Waals surface area contributed by atoms with Gasteiger partial charge in [0.1, 0.15) is 0 Å². The van der Waals surface area contributed by atoms with Crippen LogP contribution >= 0.6 is 23.2 Å². The third-order valence-electron chi connectivity index (χ3n) is 4.66. The number of aliphatic hydroxyl groups excluding tert-OH is 1. The van der Waals surface area contributed by atoms with Crippen molar-refractivity contribution in [3.63, 3.8) is 0 Å². The number of aliphatic hydroxyl groups is 1. The van der Waals surface area contributed by atoms with Crippen molar-refractivity contribution in [1.82, 2.24) is 4.57 Å². The van der Waals surface area contributed by atoms with Gasteiger partial charge in [0.15, 0.2) is 0 Å². The van der Waals surface area contributed by atoms with Crippen LogP contribution in [0.2, 0.25) is 10.0 Å². The summed E-state index contributed by atoms with van der Waals surface area (Å²) in [4.78, 5) is 12.0. The maximum Gasteiger partial charge on any atom is 0.249 e. The van der Waals surface area contributed by atoms with Crippen molar-refractivity contribution >= 4 is 50.9 Å². The molecule has 1 amide bonds. The van der Waals surface area contributed by atoms with Crippen molar-refractivity contribution in [2.75, 3.05) is 0 Å². The van der Waals surface area contributed by atoms with Crippen LogP contribution in [0.3, 0.4) is 0 Å². The molecule has 0 spiro atoms. The summed E-state index contributed by atoms with van der Waals surface area (Å²) in [6.45, 7) is 0.346. The van der Waals surface area contributed by atoms with E-state index in [9.17, 15) is 9.90 Å². The Hall–Kier alpha value is -2.53. The Labute approximate surface area is 165 Å². The lowest BCUT2D eigenvalue weighted by Crippen LogP contribution is -2.11. The van der Waals surface area contributed by atoms with Crippen LogP contribution in [-0.2, 0) is 13.2 Å². The Morgan fingerprint density at radius 2 is 1.93 bits per heavy atom. The van der Waals surface area contributed by atoms with Gasteiger partial charge < -0.3 is 15.4 Å². The fourth-order valence-corrected chi connectivity index (χ4v) is 3.79. The molecule has 4 aromatic rings. The highest BCUT2D eigenvalue weighted by Gasteiger charge is 2.18. The minimum atomic E-state index is -0.500. The van der Waals surface area contributed by atoms with Gasteiger partial charge in [-0.2, -0.15) is 0 Å². The average Bonchev–Trinajstić information content (AvgIpc) is 2.98. The van der Waals surface area contributed by atoms with Crippen LogP contribution in [0, 0.1) is 6.07 Å². The summed E-state index contributed by atoms with van der Waals surface area (Å²) in [6, 6.07) is 17.7. The molecular formula is C21H15Cl2N2O2. The first-order valence-electron chi connectivity index (χ1n) is 8.30. The summed E-state index contributed by atoms with van der Waals surface area (Å²) in [7, 11) is 0. The van der Waals surface area contributed by atoms with Gasteiger partial charge in [0.2, 0.25) is 5.91 Å². The smallest absolute Gasteiger partial charge is 0.249 e. The zero-order valence-corrected chi connectivity index (χ0v) is 15.7. The minimum Gasteiger partial charge on any atom is -0.392 e. The average molecular weight is 398 g/mol. The summed E-state index contributed by atoms with van der Waals surface area (Å²) in [5.41, 5.74) is 9.27. The Morgan fingerprint density at radius 1 is 1.15 bits per heavy atom. The summed E-state index contributed by atoms with van der Waals surface area (Å²) in [5.74, 6) is -0.500.